The summed E-state index contributed by atoms with van der Waals surface area (Å²) in [5, 5.41) is 9.28. The number of amides is 2. The first-order chi connectivity index (χ1) is 7.18. The monoisotopic (exact) mass is 205 g/mol. The molecule has 4 nitrogen and oxygen atoms in total. The van der Waals surface area contributed by atoms with Crippen molar-refractivity contribution in [2.45, 2.75) is 12.8 Å². The molecule has 1 fully saturated rings. The number of rotatable bonds is 2. The zero-order valence-corrected chi connectivity index (χ0v) is 8.09. The van der Waals surface area contributed by atoms with Crippen LogP contribution < -0.4 is 0 Å². The van der Waals surface area contributed by atoms with Crippen molar-refractivity contribution in [2.75, 3.05) is 0 Å². The summed E-state index contributed by atoms with van der Waals surface area (Å²) in [5.41, 5.74) is 0.999. The van der Waals surface area contributed by atoms with Gasteiger partial charge in [0, 0.05) is 6.42 Å². The SMILES string of the molecule is O=C1C[C@H](Cc2ccccc2)C(=O)N1O. The minimum absolute atomic E-state index is 0.101. The van der Waals surface area contributed by atoms with Crippen LogP contribution in [0.25, 0.3) is 0 Å². The molecular formula is C11H11NO3. The van der Waals surface area contributed by atoms with Crippen LogP contribution in [0.3, 0.4) is 0 Å². The Morgan fingerprint density at radius 3 is 2.47 bits per heavy atom. The van der Waals surface area contributed by atoms with Gasteiger partial charge in [-0.15, -0.1) is 0 Å². The van der Waals surface area contributed by atoms with E-state index in [2.05, 4.69) is 0 Å². The van der Waals surface area contributed by atoms with Gasteiger partial charge in [0.1, 0.15) is 0 Å². The number of carbonyl (C=O) groups excluding carboxylic acids is 2. The minimum Gasteiger partial charge on any atom is -0.279 e. The fraction of sp³-hybridized carbons (Fsp3) is 0.273. The van der Waals surface area contributed by atoms with Crippen LogP contribution in [0.1, 0.15) is 12.0 Å². The van der Waals surface area contributed by atoms with Crippen molar-refractivity contribution in [3.05, 3.63) is 35.9 Å². The van der Waals surface area contributed by atoms with Crippen molar-refractivity contribution in [3.8, 4) is 0 Å². The predicted octanol–water partition coefficient (Wildman–Crippen LogP) is 0.993. The highest BCUT2D eigenvalue weighted by atomic mass is 16.5. The molecule has 0 radical (unpaired) electrons. The van der Waals surface area contributed by atoms with E-state index in [1.165, 1.54) is 0 Å². The van der Waals surface area contributed by atoms with Gasteiger partial charge < -0.3 is 0 Å². The van der Waals surface area contributed by atoms with Gasteiger partial charge in [-0.1, -0.05) is 30.3 Å². The Hall–Kier alpha value is -1.68. The average Bonchev–Trinajstić information content (AvgIpc) is 2.48. The molecule has 1 aliphatic heterocycles. The average molecular weight is 205 g/mol. The zero-order valence-electron chi connectivity index (χ0n) is 8.09. The van der Waals surface area contributed by atoms with Crippen LogP contribution in [0, 0.1) is 5.92 Å². The molecule has 0 spiro atoms. The smallest absolute Gasteiger partial charge is 0.257 e. The summed E-state index contributed by atoms with van der Waals surface area (Å²) in [6.45, 7) is 0. The first-order valence-corrected chi connectivity index (χ1v) is 4.78. The lowest BCUT2D eigenvalue weighted by atomic mass is 9.98. The second-order valence-corrected chi connectivity index (χ2v) is 3.63. The Balaban J connectivity index is 2.09. The molecule has 0 aliphatic carbocycles. The molecule has 78 valence electrons. The fourth-order valence-corrected chi connectivity index (χ4v) is 1.74. The van der Waals surface area contributed by atoms with Crippen LogP contribution in [0.2, 0.25) is 0 Å². The third kappa shape index (κ3) is 1.89. The summed E-state index contributed by atoms with van der Waals surface area (Å²) in [5.74, 6) is -1.42. The molecule has 1 N–H and O–H groups in total. The molecule has 0 aromatic heterocycles. The Kier molecular flexibility index (Phi) is 2.51. The Bertz CT molecular complexity index is 388. The van der Waals surface area contributed by atoms with E-state index in [9.17, 15) is 9.59 Å². The normalized spacial score (nSPS) is 21.1. The number of hydrogen-bond acceptors (Lipinski definition) is 3. The lowest BCUT2D eigenvalue weighted by Gasteiger charge is -2.06. The largest absolute Gasteiger partial charge is 0.279 e. The lowest BCUT2D eigenvalue weighted by molar-refractivity contribution is -0.172. The minimum atomic E-state index is -0.513. The maximum atomic E-state index is 11.4. The lowest BCUT2D eigenvalue weighted by Crippen LogP contribution is -2.27. The highest BCUT2D eigenvalue weighted by Gasteiger charge is 2.37. The van der Waals surface area contributed by atoms with Gasteiger partial charge in [0.15, 0.2) is 0 Å². The highest BCUT2D eigenvalue weighted by Crippen LogP contribution is 2.21. The van der Waals surface area contributed by atoms with E-state index in [0.29, 0.717) is 6.42 Å². The number of hydroxylamine groups is 2. The molecule has 0 unspecified atom stereocenters. The molecule has 0 saturated carbocycles. The molecule has 0 bridgehead atoms. The number of hydrogen-bond donors (Lipinski definition) is 1. The fourth-order valence-electron chi connectivity index (χ4n) is 1.74. The van der Waals surface area contributed by atoms with E-state index < -0.39 is 17.7 Å². The highest BCUT2D eigenvalue weighted by molar-refractivity contribution is 6.02. The van der Waals surface area contributed by atoms with Crippen LogP contribution in [0.15, 0.2) is 30.3 Å². The van der Waals surface area contributed by atoms with E-state index in [1.54, 1.807) is 0 Å². The maximum absolute atomic E-state index is 11.4. The molecule has 2 rings (SSSR count). The molecule has 1 heterocycles. The second kappa shape index (κ2) is 3.82. The van der Waals surface area contributed by atoms with Crippen molar-refractivity contribution in [1.29, 1.82) is 0 Å². The predicted molar refractivity (Wildman–Crippen MR) is 51.9 cm³/mol. The number of nitrogens with zero attached hydrogens (tertiary/aromatic N) is 1. The van der Waals surface area contributed by atoms with Crippen molar-refractivity contribution in [2.24, 2.45) is 5.92 Å². The second-order valence-electron chi connectivity index (χ2n) is 3.63. The molecular weight excluding hydrogens is 194 g/mol. The van der Waals surface area contributed by atoms with Crippen LogP contribution in [-0.2, 0) is 16.0 Å². The number of carbonyl (C=O) groups is 2. The Morgan fingerprint density at radius 1 is 1.27 bits per heavy atom. The first kappa shape index (κ1) is 9.86. The summed E-state index contributed by atoms with van der Waals surface area (Å²) in [7, 11) is 0. The molecule has 2 amide bonds. The van der Waals surface area contributed by atoms with Crippen molar-refractivity contribution in [1.82, 2.24) is 5.06 Å². The van der Waals surface area contributed by atoms with Crippen molar-refractivity contribution >= 4 is 11.8 Å². The molecule has 1 atom stereocenters. The molecule has 1 saturated heterocycles. The summed E-state index contributed by atoms with van der Waals surface area (Å²) in [6, 6.07) is 9.46. The van der Waals surface area contributed by atoms with Crippen LogP contribution in [0.5, 0.6) is 0 Å². The van der Waals surface area contributed by atoms with Crippen LogP contribution in [-0.4, -0.2) is 22.1 Å². The zero-order chi connectivity index (χ0) is 10.8. The standard InChI is InChI=1S/C11H11NO3/c13-10-7-9(11(14)12(10)15)6-8-4-2-1-3-5-8/h1-5,9,15H,6-7H2/t9-/m0/s1. The first-order valence-electron chi connectivity index (χ1n) is 4.78. The van der Waals surface area contributed by atoms with Gasteiger partial charge in [-0.2, -0.15) is 5.06 Å². The number of benzene rings is 1. The molecule has 4 heteroatoms. The summed E-state index contributed by atoms with van der Waals surface area (Å²) in [4.78, 5) is 22.4. The topological polar surface area (TPSA) is 57.6 Å². The van der Waals surface area contributed by atoms with E-state index in [-0.39, 0.29) is 11.5 Å². The maximum Gasteiger partial charge on any atom is 0.257 e. The Labute approximate surface area is 87.1 Å². The van der Waals surface area contributed by atoms with Crippen LogP contribution >= 0.6 is 0 Å². The van der Waals surface area contributed by atoms with Crippen molar-refractivity contribution < 1.29 is 14.8 Å². The molecule has 1 aromatic carbocycles. The summed E-state index contributed by atoms with van der Waals surface area (Å²) >= 11 is 0. The van der Waals surface area contributed by atoms with Gasteiger partial charge in [0.25, 0.3) is 11.8 Å². The summed E-state index contributed by atoms with van der Waals surface area (Å²) < 4.78 is 0. The third-order valence-electron chi connectivity index (χ3n) is 2.54. The van der Waals surface area contributed by atoms with Gasteiger partial charge in [-0.3, -0.25) is 14.8 Å². The van der Waals surface area contributed by atoms with Crippen molar-refractivity contribution in [3.63, 3.8) is 0 Å². The van der Waals surface area contributed by atoms with E-state index >= 15 is 0 Å². The van der Waals surface area contributed by atoms with Crippen LogP contribution in [0.4, 0.5) is 0 Å². The quantitative estimate of drug-likeness (QED) is 0.578. The summed E-state index contributed by atoms with van der Waals surface area (Å²) in [6.07, 6.45) is 0.604. The molecule has 15 heavy (non-hydrogen) atoms. The van der Waals surface area contributed by atoms with E-state index in [4.69, 9.17) is 5.21 Å². The van der Waals surface area contributed by atoms with Gasteiger partial charge in [-0.25, -0.2) is 0 Å². The van der Waals surface area contributed by atoms with E-state index in [1.807, 2.05) is 30.3 Å². The van der Waals surface area contributed by atoms with E-state index in [0.717, 1.165) is 5.56 Å². The number of imide groups is 1. The molecule has 1 aromatic rings. The molecule has 1 aliphatic rings. The van der Waals surface area contributed by atoms with Gasteiger partial charge in [-0.05, 0) is 12.0 Å². The van der Waals surface area contributed by atoms with Gasteiger partial charge in [0.2, 0.25) is 0 Å². The van der Waals surface area contributed by atoms with Gasteiger partial charge >= 0.3 is 0 Å². The Morgan fingerprint density at radius 2 is 1.93 bits per heavy atom. The third-order valence-corrected chi connectivity index (χ3v) is 2.54. The van der Waals surface area contributed by atoms with Gasteiger partial charge in [0.05, 0.1) is 5.92 Å².